The molecule has 0 aromatic heterocycles. The molecule has 178 valence electrons. The van der Waals surface area contributed by atoms with Crippen molar-refractivity contribution in [3.05, 3.63) is 35.4 Å². The van der Waals surface area contributed by atoms with E-state index < -0.39 is 5.60 Å². The number of fused-ring (bicyclic) bond motifs is 5. The van der Waals surface area contributed by atoms with Gasteiger partial charge < -0.3 is 10.4 Å². The number of nitrogens with zero attached hydrogens (tertiary/aromatic N) is 1. The quantitative estimate of drug-likeness (QED) is 0.623. The molecule has 1 aromatic carbocycles. The summed E-state index contributed by atoms with van der Waals surface area (Å²) in [5, 5.41) is 22.9. The fourth-order valence-electron chi connectivity index (χ4n) is 9.03. The minimum Gasteiger partial charge on any atom is -0.390 e. The summed E-state index contributed by atoms with van der Waals surface area (Å²) in [5.74, 6) is 4.50. The minimum absolute atomic E-state index is 0.0255. The van der Waals surface area contributed by atoms with E-state index in [2.05, 4.69) is 25.2 Å². The highest BCUT2D eigenvalue weighted by Crippen LogP contribution is 2.65. The molecule has 4 aliphatic carbocycles. The van der Waals surface area contributed by atoms with E-state index in [1.54, 1.807) is 24.3 Å². The van der Waals surface area contributed by atoms with Crippen molar-refractivity contribution < 1.29 is 9.90 Å². The van der Waals surface area contributed by atoms with Gasteiger partial charge in [0.2, 0.25) is 0 Å². The fraction of sp³-hybridized carbons (Fsp3) is 0.724. The van der Waals surface area contributed by atoms with Crippen LogP contribution in [0.1, 0.15) is 94.5 Å². The monoisotopic (exact) mass is 448 g/mol. The number of nitrogens with one attached hydrogen (secondary N) is 1. The molecule has 2 N–H and O–H groups in total. The molecule has 0 aliphatic heterocycles. The third-order valence-electron chi connectivity index (χ3n) is 10.5. The summed E-state index contributed by atoms with van der Waals surface area (Å²) >= 11 is 0. The molecule has 1 amide bonds. The number of hydrogen-bond donors (Lipinski definition) is 2. The van der Waals surface area contributed by atoms with Gasteiger partial charge in [-0.3, -0.25) is 4.79 Å². The number of rotatable bonds is 3. The molecule has 5 rings (SSSR count). The molecule has 4 nitrogen and oxygen atoms in total. The van der Waals surface area contributed by atoms with E-state index in [1.165, 1.54) is 44.9 Å². The van der Waals surface area contributed by atoms with Gasteiger partial charge in [0.25, 0.3) is 5.91 Å². The predicted molar refractivity (Wildman–Crippen MR) is 129 cm³/mol. The second-order valence-electron chi connectivity index (χ2n) is 12.4. The van der Waals surface area contributed by atoms with Crippen molar-refractivity contribution in [2.45, 2.75) is 90.2 Å². The van der Waals surface area contributed by atoms with Crippen LogP contribution in [0.3, 0.4) is 0 Å². The summed E-state index contributed by atoms with van der Waals surface area (Å²) in [6, 6.07) is 9.21. The van der Waals surface area contributed by atoms with Crippen molar-refractivity contribution in [2.24, 2.45) is 40.9 Å². The Morgan fingerprint density at radius 2 is 1.76 bits per heavy atom. The molecule has 9 atom stereocenters. The first-order valence-electron chi connectivity index (χ1n) is 13.3. The van der Waals surface area contributed by atoms with E-state index in [4.69, 9.17) is 5.26 Å². The summed E-state index contributed by atoms with van der Waals surface area (Å²) in [5.41, 5.74) is 1.08. The molecule has 0 saturated heterocycles. The highest BCUT2D eigenvalue weighted by atomic mass is 16.3. The van der Waals surface area contributed by atoms with Gasteiger partial charge in [-0.05, 0) is 137 Å². The normalized spacial score (nSPS) is 42.9. The van der Waals surface area contributed by atoms with E-state index in [-0.39, 0.29) is 11.9 Å². The third-order valence-corrected chi connectivity index (χ3v) is 10.5. The summed E-state index contributed by atoms with van der Waals surface area (Å²) in [6.07, 6.45) is 10.9. The molecular formula is C29H40N2O2. The lowest BCUT2D eigenvalue weighted by Crippen LogP contribution is -2.52. The average Bonchev–Trinajstić information content (AvgIpc) is 3.15. The molecule has 0 radical (unpaired) electrons. The molecule has 0 bridgehead atoms. The average molecular weight is 449 g/mol. The Labute approximate surface area is 199 Å². The number of carbonyl (C=O) groups excluding carboxylic acids is 1. The molecule has 1 aromatic rings. The van der Waals surface area contributed by atoms with E-state index in [0.717, 1.165) is 42.4 Å². The van der Waals surface area contributed by atoms with Crippen molar-refractivity contribution in [3.63, 3.8) is 0 Å². The predicted octanol–water partition coefficient (Wildman–Crippen LogP) is 5.70. The number of carbonyl (C=O) groups is 1. The zero-order valence-corrected chi connectivity index (χ0v) is 20.5. The Bertz CT molecular complexity index is 932. The van der Waals surface area contributed by atoms with Crippen LogP contribution in [0.2, 0.25) is 0 Å². The molecule has 4 saturated carbocycles. The van der Waals surface area contributed by atoms with Gasteiger partial charge in [0.15, 0.2) is 0 Å². The molecule has 0 spiro atoms. The summed E-state index contributed by atoms with van der Waals surface area (Å²) < 4.78 is 0. The second kappa shape index (κ2) is 8.42. The van der Waals surface area contributed by atoms with Crippen LogP contribution in [-0.4, -0.2) is 22.7 Å². The maximum absolute atomic E-state index is 12.9. The molecule has 4 heteroatoms. The van der Waals surface area contributed by atoms with Crippen molar-refractivity contribution in [1.82, 2.24) is 5.32 Å². The number of benzene rings is 1. The summed E-state index contributed by atoms with van der Waals surface area (Å²) in [6.45, 7) is 6.77. The van der Waals surface area contributed by atoms with Crippen LogP contribution >= 0.6 is 0 Å². The van der Waals surface area contributed by atoms with Crippen LogP contribution in [0.15, 0.2) is 24.3 Å². The van der Waals surface area contributed by atoms with Crippen LogP contribution in [-0.2, 0) is 0 Å². The van der Waals surface area contributed by atoms with Crippen molar-refractivity contribution in [3.8, 4) is 6.07 Å². The van der Waals surface area contributed by atoms with Crippen molar-refractivity contribution >= 4 is 5.91 Å². The summed E-state index contributed by atoms with van der Waals surface area (Å²) in [4.78, 5) is 12.9. The molecule has 33 heavy (non-hydrogen) atoms. The van der Waals surface area contributed by atoms with E-state index >= 15 is 0 Å². The first-order chi connectivity index (χ1) is 15.7. The molecular weight excluding hydrogens is 408 g/mol. The number of nitriles is 1. The second-order valence-corrected chi connectivity index (χ2v) is 12.4. The largest absolute Gasteiger partial charge is 0.390 e. The zero-order valence-electron chi connectivity index (χ0n) is 20.5. The smallest absolute Gasteiger partial charge is 0.251 e. The Balaban J connectivity index is 1.27. The first-order valence-corrected chi connectivity index (χ1v) is 13.3. The van der Waals surface area contributed by atoms with Crippen LogP contribution in [0, 0.1) is 52.3 Å². The number of hydrogen-bond acceptors (Lipinski definition) is 3. The lowest BCUT2D eigenvalue weighted by Gasteiger charge is -2.57. The SMILES string of the molecule is C[C@@H](NC(=O)c1ccc(C#N)cc1)C1CC[C@H]2[C@@H]3CC[C@@H]4C[C@](C)(O)CC[C@@H]4[C@H]3CC[C@]12C. The van der Waals surface area contributed by atoms with Gasteiger partial charge in [-0.15, -0.1) is 0 Å². The van der Waals surface area contributed by atoms with Crippen LogP contribution in [0.5, 0.6) is 0 Å². The molecule has 4 aliphatic rings. The van der Waals surface area contributed by atoms with Crippen molar-refractivity contribution in [1.29, 1.82) is 5.26 Å². The van der Waals surface area contributed by atoms with Gasteiger partial charge in [-0.1, -0.05) is 6.92 Å². The number of aliphatic hydroxyl groups is 1. The highest BCUT2D eigenvalue weighted by molar-refractivity contribution is 5.94. The fourth-order valence-corrected chi connectivity index (χ4v) is 9.03. The molecule has 4 fully saturated rings. The molecule has 0 heterocycles. The van der Waals surface area contributed by atoms with Gasteiger partial charge in [0.05, 0.1) is 17.2 Å². The highest BCUT2D eigenvalue weighted by Gasteiger charge is 2.58. The lowest BCUT2D eigenvalue weighted by molar-refractivity contribution is -0.101. The van der Waals surface area contributed by atoms with Gasteiger partial charge in [0, 0.05) is 11.6 Å². The van der Waals surface area contributed by atoms with Gasteiger partial charge in [-0.25, -0.2) is 0 Å². The Morgan fingerprint density at radius 1 is 1.03 bits per heavy atom. The van der Waals surface area contributed by atoms with Gasteiger partial charge in [-0.2, -0.15) is 5.26 Å². The third kappa shape index (κ3) is 4.01. The first kappa shape index (κ1) is 22.9. The Morgan fingerprint density at radius 3 is 2.48 bits per heavy atom. The van der Waals surface area contributed by atoms with Gasteiger partial charge >= 0.3 is 0 Å². The Hall–Kier alpha value is -1.86. The van der Waals surface area contributed by atoms with Crippen LogP contribution in [0.4, 0.5) is 0 Å². The zero-order chi connectivity index (χ0) is 23.4. The topological polar surface area (TPSA) is 73.1 Å². The van der Waals surface area contributed by atoms with E-state index in [0.29, 0.717) is 22.5 Å². The van der Waals surface area contributed by atoms with E-state index in [9.17, 15) is 9.90 Å². The van der Waals surface area contributed by atoms with Crippen LogP contribution < -0.4 is 5.32 Å². The standard InChI is InChI=1S/C29H40N2O2/c1-18(31-27(32)20-6-4-19(17-30)5-7-20)25-10-11-26-24-9-8-21-16-28(2,33)14-12-22(21)23(24)13-15-29(25,26)3/h4-7,18,21-26,33H,8-16H2,1-3H3,(H,31,32)/t18-,21-,22+,23-,24-,25?,26+,28-,29-/m1/s1. The van der Waals surface area contributed by atoms with Gasteiger partial charge in [0.1, 0.15) is 0 Å². The summed E-state index contributed by atoms with van der Waals surface area (Å²) in [7, 11) is 0. The maximum atomic E-state index is 12.9. The van der Waals surface area contributed by atoms with Crippen LogP contribution in [0.25, 0.3) is 0 Å². The van der Waals surface area contributed by atoms with Crippen molar-refractivity contribution in [2.75, 3.05) is 0 Å². The molecule has 1 unspecified atom stereocenters. The lowest BCUT2D eigenvalue weighted by atomic mass is 9.49. The number of amides is 1. The Kier molecular flexibility index (Phi) is 5.84. The van der Waals surface area contributed by atoms with E-state index in [1.807, 2.05) is 6.92 Å². The maximum Gasteiger partial charge on any atom is 0.251 e. The minimum atomic E-state index is -0.446.